The van der Waals surface area contributed by atoms with E-state index in [9.17, 15) is 14.7 Å². The fraction of sp³-hybridized carbons (Fsp3) is 0.583. The molecule has 102 valence electrons. The second-order valence-corrected chi connectivity index (χ2v) is 5.27. The number of amides is 1. The van der Waals surface area contributed by atoms with Crippen molar-refractivity contribution in [2.24, 2.45) is 11.3 Å². The maximum absolute atomic E-state index is 12.4. The maximum atomic E-state index is 12.4. The summed E-state index contributed by atoms with van der Waals surface area (Å²) < 4.78 is 5.28. The first-order chi connectivity index (χ1) is 9.04. The van der Waals surface area contributed by atoms with E-state index < -0.39 is 11.4 Å². The molecule has 3 heterocycles. The minimum Gasteiger partial charge on any atom is -0.481 e. The number of aliphatic carboxylic acids is 1. The first kappa shape index (κ1) is 12.2. The zero-order valence-corrected chi connectivity index (χ0v) is 10.5. The Labute approximate surface area is 109 Å². The molecule has 2 atom stereocenters. The maximum Gasteiger partial charge on any atom is 0.314 e. The van der Waals surface area contributed by atoms with Crippen molar-refractivity contribution in [2.45, 2.75) is 6.92 Å². The van der Waals surface area contributed by atoms with E-state index in [0.717, 1.165) is 0 Å². The molecule has 1 aromatic rings. The van der Waals surface area contributed by atoms with Gasteiger partial charge in [-0.25, -0.2) is 0 Å². The Hall–Kier alpha value is -1.89. The van der Waals surface area contributed by atoms with Gasteiger partial charge < -0.3 is 14.7 Å². The minimum absolute atomic E-state index is 0.124. The lowest BCUT2D eigenvalue weighted by Gasteiger charge is -2.21. The Balaban J connectivity index is 1.85. The average molecular weight is 265 g/mol. The fourth-order valence-corrected chi connectivity index (χ4v) is 2.93. The third-order valence-corrected chi connectivity index (χ3v) is 4.15. The van der Waals surface area contributed by atoms with Crippen molar-refractivity contribution < 1.29 is 19.4 Å². The Bertz CT molecular complexity index is 541. The van der Waals surface area contributed by atoms with Gasteiger partial charge in [-0.05, 0) is 6.92 Å². The summed E-state index contributed by atoms with van der Waals surface area (Å²) in [7, 11) is 0. The van der Waals surface area contributed by atoms with Crippen molar-refractivity contribution >= 4 is 11.9 Å². The highest BCUT2D eigenvalue weighted by atomic mass is 16.5. The molecule has 0 spiro atoms. The number of nitrogens with zero attached hydrogens (tertiary/aromatic N) is 2. The number of carboxylic acid groups (broad SMARTS) is 1. The number of H-pyrrole nitrogens is 1. The topological polar surface area (TPSA) is 95.5 Å². The molecule has 2 saturated heterocycles. The number of hydrogen-bond acceptors (Lipinski definition) is 4. The van der Waals surface area contributed by atoms with E-state index in [1.807, 2.05) is 0 Å². The van der Waals surface area contributed by atoms with Crippen LogP contribution in [0.15, 0.2) is 6.20 Å². The van der Waals surface area contributed by atoms with Gasteiger partial charge in [0.05, 0.1) is 25.0 Å². The Morgan fingerprint density at radius 2 is 2.42 bits per heavy atom. The number of carbonyl (C=O) groups excluding carboxylic acids is 1. The monoisotopic (exact) mass is 265 g/mol. The van der Waals surface area contributed by atoms with E-state index in [4.69, 9.17) is 4.74 Å². The van der Waals surface area contributed by atoms with Gasteiger partial charge in [-0.15, -0.1) is 0 Å². The van der Waals surface area contributed by atoms with Gasteiger partial charge in [-0.2, -0.15) is 5.10 Å². The van der Waals surface area contributed by atoms with E-state index in [1.54, 1.807) is 11.8 Å². The number of aromatic nitrogens is 2. The smallest absolute Gasteiger partial charge is 0.314 e. The van der Waals surface area contributed by atoms with Gasteiger partial charge >= 0.3 is 5.97 Å². The molecular weight excluding hydrogens is 250 g/mol. The van der Waals surface area contributed by atoms with Crippen LogP contribution in [0.1, 0.15) is 16.1 Å². The molecule has 0 unspecified atom stereocenters. The van der Waals surface area contributed by atoms with E-state index in [1.165, 1.54) is 6.20 Å². The third kappa shape index (κ3) is 1.65. The van der Waals surface area contributed by atoms with Gasteiger partial charge in [0.1, 0.15) is 5.41 Å². The van der Waals surface area contributed by atoms with Crippen LogP contribution in [0.4, 0.5) is 0 Å². The molecule has 7 nitrogen and oxygen atoms in total. The van der Waals surface area contributed by atoms with Crippen molar-refractivity contribution in [1.29, 1.82) is 0 Å². The summed E-state index contributed by atoms with van der Waals surface area (Å²) >= 11 is 0. The Morgan fingerprint density at radius 3 is 3.00 bits per heavy atom. The van der Waals surface area contributed by atoms with Gasteiger partial charge in [-0.1, -0.05) is 0 Å². The molecule has 0 radical (unpaired) electrons. The number of nitrogens with one attached hydrogen (secondary N) is 1. The molecule has 2 N–H and O–H groups in total. The fourth-order valence-electron chi connectivity index (χ4n) is 2.93. The number of ether oxygens (including phenoxy) is 1. The zero-order chi connectivity index (χ0) is 13.6. The van der Waals surface area contributed by atoms with Crippen LogP contribution >= 0.6 is 0 Å². The van der Waals surface area contributed by atoms with Crippen LogP contribution in [0.5, 0.6) is 0 Å². The number of carboxylic acids is 1. The minimum atomic E-state index is -0.937. The molecule has 2 aliphatic heterocycles. The first-order valence-corrected chi connectivity index (χ1v) is 6.15. The predicted octanol–water partition coefficient (Wildman–Crippen LogP) is -0.109. The number of aryl methyl sites for hydroxylation is 1. The second kappa shape index (κ2) is 4.06. The van der Waals surface area contributed by atoms with Crippen molar-refractivity contribution in [1.82, 2.24) is 15.1 Å². The molecule has 0 saturated carbocycles. The van der Waals surface area contributed by atoms with Crippen LogP contribution < -0.4 is 0 Å². The largest absolute Gasteiger partial charge is 0.481 e. The van der Waals surface area contributed by atoms with Gasteiger partial charge in [0.25, 0.3) is 5.91 Å². The molecule has 1 aromatic heterocycles. The lowest BCUT2D eigenvalue weighted by molar-refractivity contribution is -0.149. The number of aromatic amines is 1. The Morgan fingerprint density at radius 1 is 1.63 bits per heavy atom. The van der Waals surface area contributed by atoms with Crippen molar-refractivity contribution in [3.63, 3.8) is 0 Å². The van der Waals surface area contributed by atoms with Crippen molar-refractivity contribution in [3.8, 4) is 0 Å². The van der Waals surface area contributed by atoms with E-state index in [2.05, 4.69) is 10.2 Å². The second-order valence-electron chi connectivity index (χ2n) is 5.27. The average Bonchev–Trinajstić information content (AvgIpc) is 3.00. The molecule has 2 fully saturated rings. The van der Waals surface area contributed by atoms with E-state index in [0.29, 0.717) is 24.4 Å². The molecule has 0 aromatic carbocycles. The van der Waals surface area contributed by atoms with Crippen LogP contribution in [0.2, 0.25) is 0 Å². The van der Waals surface area contributed by atoms with Crippen LogP contribution in [-0.4, -0.2) is 58.4 Å². The third-order valence-electron chi connectivity index (χ3n) is 4.15. The number of likely N-dealkylation sites (tertiary alicyclic amines) is 1. The normalized spacial score (nSPS) is 29.5. The summed E-state index contributed by atoms with van der Waals surface area (Å²) in [5.74, 6) is -1.17. The van der Waals surface area contributed by atoms with E-state index in [-0.39, 0.29) is 25.0 Å². The quantitative estimate of drug-likeness (QED) is 0.778. The molecule has 19 heavy (non-hydrogen) atoms. The molecule has 0 aliphatic carbocycles. The summed E-state index contributed by atoms with van der Waals surface area (Å²) in [5.41, 5.74) is 0.261. The highest BCUT2D eigenvalue weighted by Gasteiger charge is 2.57. The molecule has 7 heteroatoms. The molecule has 2 aliphatic rings. The SMILES string of the molecule is Cc1[nH]ncc1C(=O)N1C[C@@H]2COC[C@]2(C(=O)O)C1. The standard InChI is InChI=1S/C12H15N3O4/c1-7-9(2-13-14-7)10(16)15-3-8-4-19-6-12(8,5-15)11(17)18/h2,8H,3-6H2,1H3,(H,13,14)(H,17,18)/t8-,12-/m1/s1. The van der Waals surface area contributed by atoms with Crippen LogP contribution in [-0.2, 0) is 9.53 Å². The molecule has 1 amide bonds. The summed E-state index contributed by atoms with van der Waals surface area (Å²) in [6, 6.07) is 0. The van der Waals surface area contributed by atoms with Gasteiger partial charge in [0.15, 0.2) is 0 Å². The van der Waals surface area contributed by atoms with Crippen LogP contribution in [0.3, 0.4) is 0 Å². The summed E-state index contributed by atoms with van der Waals surface area (Å²) in [5, 5.41) is 16.0. The van der Waals surface area contributed by atoms with E-state index >= 15 is 0 Å². The zero-order valence-electron chi connectivity index (χ0n) is 10.5. The summed E-state index contributed by atoms with van der Waals surface area (Å²) in [6.45, 7) is 2.99. The van der Waals surface area contributed by atoms with Crippen LogP contribution in [0, 0.1) is 18.3 Å². The summed E-state index contributed by atoms with van der Waals surface area (Å²) in [4.78, 5) is 25.4. The number of hydrogen-bond donors (Lipinski definition) is 2. The predicted molar refractivity (Wildman–Crippen MR) is 63.6 cm³/mol. The lowest BCUT2D eigenvalue weighted by Crippen LogP contribution is -2.40. The molecule has 0 bridgehead atoms. The number of rotatable bonds is 2. The highest BCUT2D eigenvalue weighted by molar-refractivity contribution is 5.96. The highest BCUT2D eigenvalue weighted by Crippen LogP contribution is 2.41. The van der Waals surface area contributed by atoms with Crippen molar-refractivity contribution in [2.75, 3.05) is 26.3 Å². The number of carbonyl (C=O) groups is 2. The first-order valence-electron chi connectivity index (χ1n) is 6.15. The van der Waals surface area contributed by atoms with Gasteiger partial charge in [0.2, 0.25) is 0 Å². The molecular formula is C12H15N3O4. The van der Waals surface area contributed by atoms with Crippen LogP contribution in [0.25, 0.3) is 0 Å². The Kier molecular flexibility index (Phi) is 2.60. The van der Waals surface area contributed by atoms with Gasteiger partial charge in [0, 0.05) is 24.7 Å². The summed E-state index contributed by atoms with van der Waals surface area (Å²) in [6.07, 6.45) is 1.48. The van der Waals surface area contributed by atoms with Gasteiger partial charge in [-0.3, -0.25) is 14.7 Å². The number of fused-ring (bicyclic) bond motifs is 1. The van der Waals surface area contributed by atoms with Crippen molar-refractivity contribution in [3.05, 3.63) is 17.5 Å². The molecule has 3 rings (SSSR count). The lowest BCUT2D eigenvalue weighted by atomic mass is 9.81.